The Bertz CT molecular complexity index is 713. The maximum absolute atomic E-state index is 12.0. The van der Waals surface area contributed by atoms with Gasteiger partial charge in [-0.2, -0.15) is 0 Å². The van der Waals surface area contributed by atoms with Crippen molar-refractivity contribution >= 4 is 17.5 Å². The molecule has 5 heteroatoms. The number of carbonyl (C=O) groups excluding carboxylic acids is 2. The molecule has 0 fully saturated rings. The third kappa shape index (κ3) is 5.43. The molecule has 2 N–H and O–H groups in total. The summed E-state index contributed by atoms with van der Waals surface area (Å²) in [5, 5.41) is 5.38. The zero-order valence-corrected chi connectivity index (χ0v) is 14.0. The fraction of sp³-hybridized carbons (Fsp3) is 0.263. The highest BCUT2D eigenvalue weighted by Gasteiger charge is 2.09. The Morgan fingerprint density at radius 3 is 2.58 bits per heavy atom. The first-order chi connectivity index (χ1) is 11.6. The molecule has 0 aliphatic carbocycles. The van der Waals surface area contributed by atoms with Crippen LogP contribution in [-0.4, -0.2) is 25.0 Å². The number of nitrogens with one attached hydrogen (secondary N) is 2. The highest BCUT2D eigenvalue weighted by atomic mass is 16.5. The second-order valence-corrected chi connectivity index (χ2v) is 5.42. The lowest BCUT2D eigenvalue weighted by atomic mass is 10.1. The van der Waals surface area contributed by atoms with E-state index in [1.165, 1.54) is 0 Å². The van der Waals surface area contributed by atoms with Gasteiger partial charge in [-0.1, -0.05) is 42.0 Å². The first kappa shape index (κ1) is 17.5. The van der Waals surface area contributed by atoms with Crippen LogP contribution in [0.4, 0.5) is 5.69 Å². The maximum Gasteiger partial charge on any atom is 0.243 e. The lowest BCUT2D eigenvalue weighted by Gasteiger charge is -2.11. The van der Waals surface area contributed by atoms with Gasteiger partial charge in [0.2, 0.25) is 11.8 Å². The number of amides is 2. The smallest absolute Gasteiger partial charge is 0.243 e. The molecule has 24 heavy (non-hydrogen) atoms. The number of hydrogen-bond donors (Lipinski definition) is 2. The number of rotatable bonds is 7. The van der Waals surface area contributed by atoms with Crippen LogP contribution in [0.5, 0.6) is 5.75 Å². The Morgan fingerprint density at radius 1 is 1.04 bits per heavy atom. The summed E-state index contributed by atoms with van der Waals surface area (Å²) >= 11 is 0. The van der Waals surface area contributed by atoms with Gasteiger partial charge in [0.1, 0.15) is 5.75 Å². The number of hydrogen-bond acceptors (Lipinski definition) is 3. The van der Waals surface area contributed by atoms with E-state index in [4.69, 9.17) is 4.74 Å². The zero-order valence-electron chi connectivity index (χ0n) is 14.0. The summed E-state index contributed by atoms with van der Waals surface area (Å²) in [4.78, 5) is 23.9. The molecule has 0 aliphatic heterocycles. The van der Waals surface area contributed by atoms with Crippen LogP contribution in [0.2, 0.25) is 0 Å². The van der Waals surface area contributed by atoms with Crippen molar-refractivity contribution in [3.05, 3.63) is 59.7 Å². The largest absolute Gasteiger partial charge is 0.492 e. The molecule has 0 radical (unpaired) electrons. The summed E-state index contributed by atoms with van der Waals surface area (Å²) in [6.07, 6.45) is 0.254. The molecular formula is C19H22N2O3. The number of anilines is 1. The molecule has 0 aliphatic rings. The molecule has 0 atom stereocenters. The van der Waals surface area contributed by atoms with Crippen LogP contribution in [0, 0.1) is 6.92 Å². The summed E-state index contributed by atoms with van der Waals surface area (Å²) in [6.45, 7) is 4.29. The Kier molecular flexibility index (Phi) is 6.37. The Morgan fingerprint density at radius 2 is 1.83 bits per heavy atom. The van der Waals surface area contributed by atoms with E-state index in [1.807, 2.05) is 50.2 Å². The van der Waals surface area contributed by atoms with Crippen LogP contribution >= 0.6 is 0 Å². The van der Waals surface area contributed by atoms with Gasteiger partial charge in [-0.15, -0.1) is 0 Å². The molecular weight excluding hydrogens is 304 g/mol. The van der Waals surface area contributed by atoms with Crippen molar-refractivity contribution in [2.75, 3.05) is 18.5 Å². The first-order valence-electron chi connectivity index (χ1n) is 7.92. The van der Waals surface area contributed by atoms with E-state index in [0.29, 0.717) is 18.0 Å². The van der Waals surface area contributed by atoms with Crippen molar-refractivity contribution in [2.24, 2.45) is 0 Å². The lowest BCUT2D eigenvalue weighted by molar-refractivity contribution is -0.123. The summed E-state index contributed by atoms with van der Waals surface area (Å²) < 4.78 is 5.45. The van der Waals surface area contributed by atoms with Crippen molar-refractivity contribution in [3.63, 3.8) is 0 Å². The SMILES string of the molecule is CCOc1ccccc1NC(=O)CNC(=O)Cc1cccc(C)c1. The summed E-state index contributed by atoms with van der Waals surface area (Å²) in [5.74, 6) is 0.132. The molecule has 0 unspecified atom stereocenters. The topological polar surface area (TPSA) is 67.4 Å². The molecule has 0 aromatic heterocycles. The van der Waals surface area contributed by atoms with Gasteiger partial charge in [0.25, 0.3) is 0 Å². The Hall–Kier alpha value is -2.82. The van der Waals surface area contributed by atoms with E-state index in [1.54, 1.807) is 12.1 Å². The van der Waals surface area contributed by atoms with Gasteiger partial charge in [-0.05, 0) is 31.5 Å². The van der Waals surface area contributed by atoms with Gasteiger partial charge in [-0.3, -0.25) is 9.59 Å². The fourth-order valence-corrected chi connectivity index (χ4v) is 2.29. The van der Waals surface area contributed by atoms with E-state index in [-0.39, 0.29) is 24.8 Å². The number of para-hydroxylation sites is 2. The number of benzene rings is 2. The monoisotopic (exact) mass is 326 g/mol. The van der Waals surface area contributed by atoms with Gasteiger partial charge >= 0.3 is 0 Å². The van der Waals surface area contributed by atoms with Crippen molar-refractivity contribution in [1.29, 1.82) is 0 Å². The van der Waals surface area contributed by atoms with Gasteiger partial charge in [0.15, 0.2) is 0 Å². The summed E-state index contributed by atoms with van der Waals surface area (Å²) in [5.41, 5.74) is 2.62. The molecule has 0 saturated heterocycles. The average molecular weight is 326 g/mol. The molecule has 5 nitrogen and oxygen atoms in total. The zero-order chi connectivity index (χ0) is 17.4. The van der Waals surface area contributed by atoms with Gasteiger partial charge < -0.3 is 15.4 Å². The van der Waals surface area contributed by atoms with Gasteiger partial charge in [0, 0.05) is 0 Å². The fourth-order valence-electron chi connectivity index (χ4n) is 2.29. The minimum Gasteiger partial charge on any atom is -0.492 e. The number of aryl methyl sites for hydroxylation is 1. The van der Waals surface area contributed by atoms with E-state index < -0.39 is 0 Å². The van der Waals surface area contributed by atoms with Crippen molar-refractivity contribution in [1.82, 2.24) is 5.32 Å². The normalized spacial score (nSPS) is 10.1. The van der Waals surface area contributed by atoms with Gasteiger partial charge in [0.05, 0.1) is 25.3 Å². The van der Waals surface area contributed by atoms with Crippen molar-refractivity contribution < 1.29 is 14.3 Å². The van der Waals surface area contributed by atoms with Crippen LogP contribution in [0.25, 0.3) is 0 Å². The molecule has 0 bridgehead atoms. The molecule has 0 heterocycles. The highest BCUT2D eigenvalue weighted by Crippen LogP contribution is 2.23. The quantitative estimate of drug-likeness (QED) is 0.822. The minimum absolute atomic E-state index is 0.0783. The van der Waals surface area contributed by atoms with E-state index in [9.17, 15) is 9.59 Å². The molecule has 126 valence electrons. The number of carbonyl (C=O) groups is 2. The Balaban J connectivity index is 1.84. The third-order valence-corrected chi connectivity index (χ3v) is 3.35. The van der Waals surface area contributed by atoms with E-state index >= 15 is 0 Å². The van der Waals surface area contributed by atoms with Gasteiger partial charge in [-0.25, -0.2) is 0 Å². The molecule has 2 aromatic rings. The van der Waals surface area contributed by atoms with Crippen LogP contribution < -0.4 is 15.4 Å². The first-order valence-corrected chi connectivity index (χ1v) is 7.92. The number of ether oxygens (including phenoxy) is 1. The Labute approximate surface area is 142 Å². The van der Waals surface area contributed by atoms with Crippen LogP contribution in [0.15, 0.2) is 48.5 Å². The van der Waals surface area contributed by atoms with E-state index in [2.05, 4.69) is 10.6 Å². The van der Waals surface area contributed by atoms with Crippen molar-refractivity contribution in [2.45, 2.75) is 20.3 Å². The second kappa shape index (κ2) is 8.72. The summed E-state index contributed by atoms with van der Waals surface area (Å²) in [6, 6.07) is 14.9. The maximum atomic E-state index is 12.0. The molecule has 0 spiro atoms. The van der Waals surface area contributed by atoms with Crippen LogP contribution in [-0.2, 0) is 16.0 Å². The highest BCUT2D eigenvalue weighted by molar-refractivity contribution is 5.95. The predicted octanol–water partition coefficient (Wildman–Crippen LogP) is 2.69. The second-order valence-electron chi connectivity index (χ2n) is 5.42. The van der Waals surface area contributed by atoms with Crippen LogP contribution in [0.1, 0.15) is 18.1 Å². The molecule has 2 rings (SSSR count). The van der Waals surface area contributed by atoms with E-state index in [0.717, 1.165) is 11.1 Å². The molecule has 2 aromatic carbocycles. The lowest BCUT2D eigenvalue weighted by Crippen LogP contribution is -2.33. The summed E-state index contributed by atoms with van der Waals surface area (Å²) in [7, 11) is 0. The minimum atomic E-state index is -0.292. The standard InChI is InChI=1S/C19H22N2O3/c1-3-24-17-10-5-4-9-16(17)21-19(23)13-20-18(22)12-15-8-6-7-14(2)11-15/h4-11H,3,12-13H2,1-2H3,(H,20,22)(H,21,23). The average Bonchev–Trinajstić information content (AvgIpc) is 2.55. The molecule has 2 amide bonds. The van der Waals surface area contributed by atoms with Crippen molar-refractivity contribution in [3.8, 4) is 5.75 Å². The molecule has 0 saturated carbocycles. The third-order valence-electron chi connectivity index (χ3n) is 3.35. The van der Waals surface area contributed by atoms with Crippen LogP contribution in [0.3, 0.4) is 0 Å². The predicted molar refractivity (Wildman–Crippen MR) is 94.1 cm³/mol.